The molecule has 1 aliphatic rings. The van der Waals surface area contributed by atoms with Crippen LogP contribution in [0.5, 0.6) is 11.5 Å². The molecule has 1 aromatic carbocycles. The third kappa shape index (κ3) is 1.94. The summed E-state index contributed by atoms with van der Waals surface area (Å²) in [6.07, 6.45) is 1.52. The molecule has 0 saturated carbocycles. The molecule has 0 bridgehead atoms. The Morgan fingerprint density at radius 2 is 2.13 bits per heavy atom. The summed E-state index contributed by atoms with van der Waals surface area (Å²) in [5.74, 6) is 1.34. The van der Waals surface area contributed by atoms with Crippen LogP contribution in [0.4, 0.5) is 0 Å². The van der Waals surface area contributed by atoms with Crippen LogP contribution < -0.4 is 9.47 Å². The van der Waals surface area contributed by atoms with E-state index in [1.165, 1.54) is 0 Å². The Morgan fingerprint density at radius 3 is 2.80 bits per heavy atom. The van der Waals surface area contributed by atoms with Crippen molar-refractivity contribution in [3.05, 3.63) is 23.3 Å². The first-order valence-electron chi connectivity index (χ1n) is 4.72. The maximum absolute atomic E-state index is 10.9. The maximum Gasteiger partial charge on any atom is 0.231 e. The number of hydrogen-bond donors (Lipinski definition) is 0. The molecule has 4 nitrogen and oxygen atoms in total. The van der Waals surface area contributed by atoms with E-state index in [2.05, 4.69) is 0 Å². The van der Waals surface area contributed by atoms with Crippen molar-refractivity contribution in [1.29, 1.82) is 0 Å². The first kappa shape index (κ1) is 9.98. The largest absolute Gasteiger partial charge is 0.454 e. The molecule has 0 spiro atoms. The van der Waals surface area contributed by atoms with Gasteiger partial charge in [0.15, 0.2) is 11.5 Å². The molecule has 0 saturated heterocycles. The van der Waals surface area contributed by atoms with Crippen LogP contribution in [-0.4, -0.2) is 26.8 Å². The Labute approximate surface area is 87.8 Å². The van der Waals surface area contributed by atoms with Gasteiger partial charge in [0.1, 0.15) is 6.29 Å². The van der Waals surface area contributed by atoms with Crippen molar-refractivity contribution in [1.82, 2.24) is 0 Å². The minimum absolute atomic E-state index is 0.224. The van der Waals surface area contributed by atoms with Gasteiger partial charge in [-0.2, -0.15) is 0 Å². The SMILES string of the molecule is COCCc1cc2c(cc1C=O)OCO2. The highest BCUT2D eigenvalue weighted by atomic mass is 16.7. The van der Waals surface area contributed by atoms with Gasteiger partial charge in [-0.25, -0.2) is 0 Å². The third-order valence-corrected chi connectivity index (χ3v) is 2.34. The van der Waals surface area contributed by atoms with Crippen LogP contribution >= 0.6 is 0 Å². The van der Waals surface area contributed by atoms with Crippen LogP contribution in [0, 0.1) is 0 Å². The van der Waals surface area contributed by atoms with Gasteiger partial charge >= 0.3 is 0 Å². The van der Waals surface area contributed by atoms with Crippen molar-refractivity contribution in [2.24, 2.45) is 0 Å². The van der Waals surface area contributed by atoms with Crippen LogP contribution in [0.2, 0.25) is 0 Å². The van der Waals surface area contributed by atoms with Crippen molar-refractivity contribution in [2.75, 3.05) is 20.5 Å². The second-order valence-electron chi connectivity index (χ2n) is 3.26. The summed E-state index contributed by atoms with van der Waals surface area (Å²) in [5.41, 5.74) is 1.56. The maximum atomic E-state index is 10.9. The fraction of sp³-hybridized carbons (Fsp3) is 0.364. The molecule has 0 aliphatic carbocycles. The van der Waals surface area contributed by atoms with E-state index in [9.17, 15) is 4.79 Å². The summed E-state index contributed by atoms with van der Waals surface area (Å²) in [6, 6.07) is 3.55. The summed E-state index contributed by atoms with van der Waals surface area (Å²) in [6.45, 7) is 0.807. The summed E-state index contributed by atoms with van der Waals surface area (Å²) in [7, 11) is 1.63. The number of benzene rings is 1. The molecule has 1 heterocycles. The van der Waals surface area contributed by atoms with Gasteiger partial charge in [0.2, 0.25) is 6.79 Å². The predicted molar refractivity (Wildman–Crippen MR) is 53.5 cm³/mol. The fourth-order valence-electron chi connectivity index (χ4n) is 1.54. The highest BCUT2D eigenvalue weighted by Gasteiger charge is 2.16. The lowest BCUT2D eigenvalue weighted by molar-refractivity contribution is 0.112. The van der Waals surface area contributed by atoms with Gasteiger partial charge in [0.25, 0.3) is 0 Å². The normalized spacial score (nSPS) is 12.9. The van der Waals surface area contributed by atoms with E-state index >= 15 is 0 Å². The van der Waals surface area contributed by atoms with Crippen LogP contribution in [0.3, 0.4) is 0 Å². The zero-order valence-electron chi connectivity index (χ0n) is 8.49. The molecular formula is C11H12O4. The molecule has 80 valence electrons. The minimum Gasteiger partial charge on any atom is -0.454 e. The molecule has 0 unspecified atom stereocenters. The molecule has 0 amide bonds. The van der Waals surface area contributed by atoms with Gasteiger partial charge in [0, 0.05) is 12.7 Å². The fourth-order valence-corrected chi connectivity index (χ4v) is 1.54. The molecule has 0 radical (unpaired) electrons. The van der Waals surface area contributed by atoms with E-state index in [4.69, 9.17) is 14.2 Å². The number of fused-ring (bicyclic) bond motifs is 1. The second-order valence-corrected chi connectivity index (χ2v) is 3.26. The van der Waals surface area contributed by atoms with E-state index in [-0.39, 0.29) is 6.79 Å². The van der Waals surface area contributed by atoms with Gasteiger partial charge < -0.3 is 14.2 Å². The number of hydrogen-bond acceptors (Lipinski definition) is 4. The van der Waals surface area contributed by atoms with Crippen molar-refractivity contribution in [3.8, 4) is 11.5 Å². The van der Waals surface area contributed by atoms with Gasteiger partial charge in [-0.3, -0.25) is 4.79 Å². The van der Waals surface area contributed by atoms with Gasteiger partial charge in [-0.15, -0.1) is 0 Å². The molecule has 15 heavy (non-hydrogen) atoms. The Bertz CT molecular complexity index is 373. The van der Waals surface area contributed by atoms with Crippen LogP contribution in [-0.2, 0) is 11.2 Å². The predicted octanol–water partition coefficient (Wildman–Crippen LogP) is 1.42. The van der Waals surface area contributed by atoms with Crippen molar-refractivity contribution in [3.63, 3.8) is 0 Å². The summed E-state index contributed by atoms with van der Waals surface area (Å²) in [4.78, 5) is 10.9. The molecule has 0 atom stereocenters. The number of methoxy groups -OCH3 is 1. The zero-order chi connectivity index (χ0) is 10.7. The van der Waals surface area contributed by atoms with Gasteiger partial charge in [0.05, 0.1) is 6.61 Å². The van der Waals surface area contributed by atoms with Crippen LogP contribution in [0.1, 0.15) is 15.9 Å². The molecule has 1 aromatic rings. The minimum atomic E-state index is 0.224. The van der Waals surface area contributed by atoms with E-state index in [1.54, 1.807) is 13.2 Å². The lowest BCUT2D eigenvalue weighted by Crippen LogP contribution is -1.99. The summed E-state index contributed by atoms with van der Waals surface area (Å²) >= 11 is 0. The molecule has 0 N–H and O–H groups in total. The topological polar surface area (TPSA) is 44.8 Å². The Morgan fingerprint density at radius 1 is 1.40 bits per heavy atom. The zero-order valence-corrected chi connectivity index (χ0v) is 8.49. The van der Waals surface area contributed by atoms with Crippen molar-refractivity contribution in [2.45, 2.75) is 6.42 Å². The number of carbonyl (C=O) groups excluding carboxylic acids is 1. The summed E-state index contributed by atoms with van der Waals surface area (Å²) in [5, 5.41) is 0. The number of ether oxygens (including phenoxy) is 3. The average molecular weight is 208 g/mol. The van der Waals surface area contributed by atoms with Crippen molar-refractivity contribution >= 4 is 6.29 Å². The van der Waals surface area contributed by atoms with Crippen LogP contribution in [0.15, 0.2) is 12.1 Å². The summed E-state index contributed by atoms with van der Waals surface area (Å²) < 4.78 is 15.4. The van der Waals surface area contributed by atoms with Gasteiger partial charge in [-0.05, 0) is 24.1 Å². The molecule has 2 rings (SSSR count). The van der Waals surface area contributed by atoms with E-state index in [1.807, 2.05) is 6.07 Å². The van der Waals surface area contributed by atoms with Crippen molar-refractivity contribution < 1.29 is 19.0 Å². The first-order chi connectivity index (χ1) is 7.35. The highest BCUT2D eigenvalue weighted by Crippen LogP contribution is 2.34. The molecule has 1 aliphatic heterocycles. The Kier molecular flexibility index (Phi) is 2.87. The molecular weight excluding hydrogens is 196 g/mol. The van der Waals surface area contributed by atoms with E-state index < -0.39 is 0 Å². The lowest BCUT2D eigenvalue weighted by atomic mass is 10.0. The monoisotopic (exact) mass is 208 g/mol. The Hall–Kier alpha value is -1.55. The molecule has 0 fully saturated rings. The average Bonchev–Trinajstić information content (AvgIpc) is 2.71. The standard InChI is InChI=1S/C11H12O4/c1-13-3-2-8-4-10-11(15-7-14-10)5-9(8)6-12/h4-6H,2-3,7H2,1H3. The third-order valence-electron chi connectivity index (χ3n) is 2.34. The number of aldehydes is 1. The van der Waals surface area contributed by atoms with E-state index in [0.717, 1.165) is 11.8 Å². The van der Waals surface area contributed by atoms with Gasteiger partial charge in [-0.1, -0.05) is 0 Å². The van der Waals surface area contributed by atoms with E-state index in [0.29, 0.717) is 30.1 Å². The smallest absolute Gasteiger partial charge is 0.231 e. The first-order valence-corrected chi connectivity index (χ1v) is 4.72. The molecule has 0 aromatic heterocycles. The quantitative estimate of drug-likeness (QED) is 0.702. The number of rotatable bonds is 4. The Balaban J connectivity index is 2.31. The van der Waals surface area contributed by atoms with Crippen LogP contribution in [0.25, 0.3) is 0 Å². The highest BCUT2D eigenvalue weighted by molar-refractivity contribution is 5.79. The second kappa shape index (κ2) is 4.31. The number of carbonyl (C=O) groups is 1. The lowest BCUT2D eigenvalue weighted by Gasteiger charge is -2.05. The molecule has 4 heteroatoms.